The Balaban J connectivity index is 2.98. The molecule has 1 fully saturated rings. The first-order valence-electron chi connectivity index (χ1n) is 7.32. The smallest absolute Gasteiger partial charge is 0.410 e. The summed E-state index contributed by atoms with van der Waals surface area (Å²) in [5, 5.41) is 0. The first-order chi connectivity index (χ1) is 9.50. The number of terminal acetylenes is 1. The van der Waals surface area contributed by atoms with Crippen LogP contribution in [0.3, 0.4) is 0 Å². The fraction of sp³-hybridized carbons (Fsp3) is 0.812. The minimum Gasteiger partial charge on any atom is -0.444 e. The maximum absolute atomic E-state index is 12.4. The lowest BCUT2D eigenvalue weighted by Gasteiger charge is -2.47. The number of amides is 1. The Labute approximate surface area is 127 Å². The van der Waals surface area contributed by atoms with Crippen LogP contribution in [0, 0.1) is 12.3 Å². The van der Waals surface area contributed by atoms with Gasteiger partial charge in [-0.1, -0.05) is 5.92 Å². The van der Waals surface area contributed by atoms with Crippen molar-refractivity contribution in [3.05, 3.63) is 0 Å². The van der Waals surface area contributed by atoms with E-state index in [2.05, 4.69) is 5.92 Å². The highest BCUT2D eigenvalue weighted by Gasteiger charge is 2.45. The fourth-order valence-electron chi connectivity index (χ4n) is 2.50. The summed E-state index contributed by atoms with van der Waals surface area (Å²) >= 11 is 0. The molecule has 0 aromatic heterocycles. The normalized spacial score (nSPS) is 28.6. The van der Waals surface area contributed by atoms with Gasteiger partial charge in [0.15, 0.2) is 5.79 Å². The van der Waals surface area contributed by atoms with Crippen LogP contribution in [0.4, 0.5) is 4.79 Å². The van der Waals surface area contributed by atoms with E-state index < -0.39 is 23.6 Å². The zero-order chi connectivity index (χ0) is 16.4. The van der Waals surface area contributed by atoms with Crippen molar-refractivity contribution in [3.8, 4) is 12.3 Å². The fourth-order valence-corrected chi connectivity index (χ4v) is 2.50. The Morgan fingerprint density at radius 3 is 2.38 bits per heavy atom. The molecule has 1 heterocycles. The van der Waals surface area contributed by atoms with E-state index >= 15 is 0 Å². The van der Waals surface area contributed by atoms with E-state index in [0.717, 1.165) is 0 Å². The predicted octanol–water partition coefficient (Wildman–Crippen LogP) is 2.79. The third-order valence-corrected chi connectivity index (χ3v) is 3.16. The molecule has 1 saturated heterocycles. The molecule has 21 heavy (non-hydrogen) atoms. The van der Waals surface area contributed by atoms with Crippen molar-refractivity contribution in [2.24, 2.45) is 0 Å². The summed E-state index contributed by atoms with van der Waals surface area (Å²) in [6.45, 7) is 13.4. The summed E-state index contributed by atoms with van der Waals surface area (Å²) in [6.07, 6.45) is 4.40. The van der Waals surface area contributed by atoms with Crippen LogP contribution in [-0.4, -0.2) is 47.2 Å². The number of ether oxygens (including phenoxy) is 3. The molecule has 5 nitrogen and oxygen atoms in total. The van der Waals surface area contributed by atoms with Gasteiger partial charge in [-0.2, -0.15) is 0 Å². The molecule has 0 bridgehead atoms. The number of rotatable bonds is 2. The summed E-state index contributed by atoms with van der Waals surface area (Å²) in [5.74, 6) is 1.86. The second-order valence-electron chi connectivity index (χ2n) is 6.68. The Bertz CT molecular complexity index is 419. The highest BCUT2D eigenvalue weighted by molar-refractivity contribution is 5.68. The molecule has 3 unspecified atom stereocenters. The highest BCUT2D eigenvalue weighted by atomic mass is 16.7. The Morgan fingerprint density at radius 2 is 1.95 bits per heavy atom. The molecule has 0 spiro atoms. The van der Waals surface area contributed by atoms with Gasteiger partial charge in [-0.15, -0.1) is 6.42 Å². The third-order valence-electron chi connectivity index (χ3n) is 3.16. The second kappa shape index (κ2) is 6.25. The minimum absolute atomic E-state index is 0.248. The lowest BCUT2D eigenvalue weighted by atomic mass is 10.0. The van der Waals surface area contributed by atoms with E-state index in [9.17, 15) is 4.79 Å². The van der Waals surface area contributed by atoms with Crippen LogP contribution >= 0.6 is 0 Å². The topological polar surface area (TPSA) is 48.0 Å². The molecule has 120 valence electrons. The largest absolute Gasteiger partial charge is 0.444 e. The quantitative estimate of drug-likeness (QED) is 0.735. The van der Waals surface area contributed by atoms with Gasteiger partial charge in [0, 0.05) is 6.54 Å². The summed E-state index contributed by atoms with van der Waals surface area (Å²) in [6, 6.07) is -0.372. The molecule has 1 rings (SSSR count). The zero-order valence-electron chi connectivity index (χ0n) is 14.1. The second-order valence-corrected chi connectivity index (χ2v) is 6.68. The van der Waals surface area contributed by atoms with Crippen molar-refractivity contribution >= 4 is 6.09 Å². The number of likely N-dealkylation sites (N-methyl/N-ethyl adjacent to an activating group) is 1. The van der Waals surface area contributed by atoms with Crippen LogP contribution in [0.15, 0.2) is 0 Å². The third kappa shape index (κ3) is 4.62. The van der Waals surface area contributed by atoms with Gasteiger partial charge < -0.3 is 14.2 Å². The van der Waals surface area contributed by atoms with Crippen molar-refractivity contribution in [2.45, 2.75) is 78.1 Å². The van der Waals surface area contributed by atoms with E-state index in [0.29, 0.717) is 6.54 Å². The molecular formula is C16H27NO4. The van der Waals surface area contributed by atoms with Crippen LogP contribution < -0.4 is 0 Å². The SMILES string of the molecule is C#CC1OC(C)(C)OC(C)C1N(CC)C(=O)OC(C)(C)C. The van der Waals surface area contributed by atoms with Gasteiger partial charge >= 0.3 is 6.09 Å². The van der Waals surface area contributed by atoms with Gasteiger partial charge in [0.05, 0.1) is 12.1 Å². The zero-order valence-corrected chi connectivity index (χ0v) is 14.1. The molecule has 0 aromatic rings. The molecule has 1 amide bonds. The van der Waals surface area contributed by atoms with Crippen LogP contribution in [0.1, 0.15) is 48.5 Å². The van der Waals surface area contributed by atoms with Gasteiger partial charge in [0.1, 0.15) is 11.7 Å². The molecular weight excluding hydrogens is 270 g/mol. The maximum atomic E-state index is 12.4. The first-order valence-corrected chi connectivity index (χ1v) is 7.32. The Hall–Kier alpha value is -1.25. The van der Waals surface area contributed by atoms with Crippen molar-refractivity contribution in [2.75, 3.05) is 6.54 Å². The average molecular weight is 297 g/mol. The lowest BCUT2D eigenvalue weighted by molar-refractivity contribution is -0.304. The van der Waals surface area contributed by atoms with Crippen LogP contribution in [0.25, 0.3) is 0 Å². The molecule has 1 aliphatic heterocycles. The van der Waals surface area contributed by atoms with Crippen LogP contribution in [0.2, 0.25) is 0 Å². The van der Waals surface area contributed by atoms with Crippen molar-refractivity contribution < 1.29 is 19.0 Å². The summed E-state index contributed by atoms with van der Waals surface area (Å²) < 4.78 is 17.0. The van der Waals surface area contributed by atoms with Crippen LogP contribution in [-0.2, 0) is 14.2 Å². The molecule has 1 aliphatic rings. The number of carbonyl (C=O) groups excluding carboxylic acids is 1. The molecule has 0 aromatic carbocycles. The summed E-state index contributed by atoms with van der Waals surface area (Å²) in [5.41, 5.74) is -0.560. The highest BCUT2D eigenvalue weighted by Crippen LogP contribution is 2.30. The first kappa shape index (κ1) is 17.8. The Morgan fingerprint density at radius 1 is 1.38 bits per heavy atom. The van der Waals surface area contributed by atoms with Crippen molar-refractivity contribution in [1.82, 2.24) is 4.90 Å². The molecule has 0 radical (unpaired) electrons. The summed E-state index contributed by atoms with van der Waals surface area (Å²) in [7, 11) is 0. The molecule has 3 atom stereocenters. The number of carbonyl (C=O) groups is 1. The van der Waals surface area contributed by atoms with E-state index in [1.807, 2.05) is 48.5 Å². The predicted molar refractivity (Wildman–Crippen MR) is 80.7 cm³/mol. The van der Waals surface area contributed by atoms with E-state index in [1.165, 1.54) is 0 Å². The Kier molecular flexibility index (Phi) is 5.30. The summed E-state index contributed by atoms with van der Waals surface area (Å²) in [4.78, 5) is 14.0. The van der Waals surface area contributed by atoms with Crippen molar-refractivity contribution in [1.29, 1.82) is 0 Å². The monoisotopic (exact) mass is 297 g/mol. The van der Waals surface area contributed by atoms with Gasteiger partial charge in [0.2, 0.25) is 0 Å². The van der Waals surface area contributed by atoms with Crippen LogP contribution in [0.5, 0.6) is 0 Å². The van der Waals surface area contributed by atoms with Gasteiger partial charge in [0.25, 0.3) is 0 Å². The van der Waals surface area contributed by atoms with Crippen molar-refractivity contribution in [3.63, 3.8) is 0 Å². The molecule has 0 N–H and O–H groups in total. The van der Waals surface area contributed by atoms with E-state index in [4.69, 9.17) is 20.6 Å². The average Bonchev–Trinajstić information content (AvgIpc) is 2.28. The number of nitrogens with zero attached hydrogens (tertiary/aromatic N) is 1. The van der Waals surface area contributed by atoms with Gasteiger partial charge in [-0.05, 0) is 48.5 Å². The number of hydrogen-bond donors (Lipinski definition) is 0. The van der Waals surface area contributed by atoms with Gasteiger partial charge in [-0.3, -0.25) is 4.90 Å². The molecule has 0 saturated carbocycles. The maximum Gasteiger partial charge on any atom is 0.410 e. The minimum atomic E-state index is -0.764. The standard InChI is InChI=1S/C16H27NO4/c1-9-12-13(11(3)19-16(7,8)20-12)17(10-2)14(18)21-15(4,5)6/h1,11-13H,10H2,2-8H3. The lowest BCUT2D eigenvalue weighted by Crippen LogP contribution is -2.61. The molecule has 0 aliphatic carbocycles. The number of hydrogen-bond acceptors (Lipinski definition) is 4. The van der Waals surface area contributed by atoms with E-state index in [-0.39, 0.29) is 12.1 Å². The van der Waals surface area contributed by atoms with E-state index in [1.54, 1.807) is 4.90 Å². The van der Waals surface area contributed by atoms with Gasteiger partial charge in [-0.25, -0.2) is 4.79 Å². The molecule has 5 heteroatoms.